The number of hydrogen-bond acceptors (Lipinski definition) is 1. The summed E-state index contributed by atoms with van der Waals surface area (Å²) < 4.78 is 4.93. The largest absolute Gasteiger partial charge is 0.497 e. The van der Waals surface area contributed by atoms with Gasteiger partial charge in [0, 0.05) is 0 Å². The van der Waals surface area contributed by atoms with Crippen LogP contribution in [0.1, 0.15) is 6.42 Å². The predicted octanol–water partition coefficient (Wildman–Crippen LogP) is 1.48. The lowest BCUT2D eigenvalue weighted by Gasteiger charge is -1.86. The Morgan fingerprint density at radius 1 is 1.14 bits per heavy atom. The molecule has 38 valence electrons. The van der Waals surface area contributed by atoms with Crippen LogP contribution in [0.3, 0.4) is 0 Å². The second-order valence-corrected chi connectivity index (χ2v) is 1.41. The quantitative estimate of drug-likeness (QED) is 0.415. The van der Waals surface area contributed by atoms with Gasteiger partial charge in [-0.3, -0.25) is 0 Å². The SMILES string of the molecule is C1=CCOC=CC1. The van der Waals surface area contributed by atoms with E-state index in [2.05, 4.69) is 6.08 Å². The lowest BCUT2D eigenvalue weighted by molar-refractivity contribution is 0.291. The van der Waals surface area contributed by atoms with Crippen molar-refractivity contribution < 1.29 is 4.74 Å². The van der Waals surface area contributed by atoms with E-state index in [4.69, 9.17) is 4.74 Å². The van der Waals surface area contributed by atoms with Gasteiger partial charge in [0.05, 0.1) is 6.26 Å². The molecule has 0 bridgehead atoms. The van der Waals surface area contributed by atoms with Gasteiger partial charge in [-0.25, -0.2) is 0 Å². The molecule has 0 fully saturated rings. The van der Waals surface area contributed by atoms with Gasteiger partial charge >= 0.3 is 0 Å². The van der Waals surface area contributed by atoms with Crippen LogP contribution in [0.25, 0.3) is 0 Å². The highest BCUT2D eigenvalue weighted by Crippen LogP contribution is 1.92. The molecule has 1 aliphatic rings. The first-order valence-electron chi connectivity index (χ1n) is 2.42. The van der Waals surface area contributed by atoms with E-state index in [0.29, 0.717) is 0 Å². The van der Waals surface area contributed by atoms with Gasteiger partial charge in [0.1, 0.15) is 6.61 Å². The summed E-state index contributed by atoms with van der Waals surface area (Å²) in [4.78, 5) is 0. The van der Waals surface area contributed by atoms with Crippen LogP contribution in [-0.2, 0) is 4.74 Å². The molecule has 0 aromatic rings. The minimum Gasteiger partial charge on any atom is -0.497 e. The topological polar surface area (TPSA) is 9.23 Å². The average molecular weight is 96.1 g/mol. The van der Waals surface area contributed by atoms with E-state index in [1.807, 2.05) is 12.2 Å². The van der Waals surface area contributed by atoms with E-state index in [1.165, 1.54) is 0 Å². The number of rotatable bonds is 0. The van der Waals surface area contributed by atoms with Crippen LogP contribution in [0.4, 0.5) is 0 Å². The van der Waals surface area contributed by atoms with E-state index < -0.39 is 0 Å². The van der Waals surface area contributed by atoms with E-state index in [9.17, 15) is 0 Å². The average Bonchev–Trinajstić information content (AvgIpc) is 1.90. The molecule has 1 heteroatoms. The first-order valence-corrected chi connectivity index (χ1v) is 2.42. The first kappa shape index (κ1) is 4.44. The molecular weight excluding hydrogens is 88.1 g/mol. The highest BCUT2D eigenvalue weighted by Gasteiger charge is 1.78. The summed E-state index contributed by atoms with van der Waals surface area (Å²) in [5.74, 6) is 0. The van der Waals surface area contributed by atoms with E-state index >= 15 is 0 Å². The van der Waals surface area contributed by atoms with Crippen LogP contribution in [0, 0.1) is 0 Å². The zero-order valence-corrected chi connectivity index (χ0v) is 4.13. The van der Waals surface area contributed by atoms with Crippen molar-refractivity contribution in [2.24, 2.45) is 0 Å². The molecule has 0 aliphatic carbocycles. The third kappa shape index (κ3) is 1.44. The third-order valence-electron chi connectivity index (χ3n) is 0.824. The molecule has 1 nitrogen and oxygen atoms in total. The third-order valence-corrected chi connectivity index (χ3v) is 0.824. The molecule has 0 atom stereocenters. The molecular formula is C6H8O. The summed E-state index contributed by atoms with van der Waals surface area (Å²) in [5.41, 5.74) is 0. The molecule has 0 radical (unpaired) electrons. The minimum absolute atomic E-state index is 0.733. The van der Waals surface area contributed by atoms with Gasteiger partial charge in [-0.05, 0) is 12.5 Å². The Morgan fingerprint density at radius 2 is 2.14 bits per heavy atom. The molecule has 0 aromatic heterocycles. The van der Waals surface area contributed by atoms with Crippen molar-refractivity contribution in [3.8, 4) is 0 Å². The Balaban J connectivity index is 2.38. The molecule has 7 heavy (non-hydrogen) atoms. The number of allylic oxidation sites excluding steroid dienone is 2. The van der Waals surface area contributed by atoms with Crippen LogP contribution in [0.5, 0.6) is 0 Å². The second kappa shape index (κ2) is 2.45. The summed E-state index contributed by atoms with van der Waals surface area (Å²) >= 11 is 0. The van der Waals surface area contributed by atoms with Crippen molar-refractivity contribution in [1.29, 1.82) is 0 Å². The smallest absolute Gasteiger partial charge is 0.105 e. The van der Waals surface area contributed by atoms with Gasteiger partial charge in [0.15, 0.2) is 0 Å². The minimum atomic E-state index is 0.733. The van der Waals surface area contributed by atoms with Crippen molar-refractivity contribution in [2.75, 3.05) is 6.61 Å². The van der Waals surface area contributed by atoms with Crippen molar-refractivity contribution in [3.05, 3.63) is 24.5 Å². The highest BCUT2D eigenvalue weighted by molar-refractivity contribution is 4.93. The Labute approximate surface area is 43.3 Å². The van der Waals surface area contributed by atoms with Crippen LogP contribution in [-0.4, -0.2) is 6.61 Å². The van der Waals surface area contributed by atoms with Crippen LogP contribution >= 0.6 is 0 Å². The highest BCUT2D eigenvalue weighted by atomic mass is 16.5. The zero-order chi connectivity index (χ0) is 4.95. The molecule has 1 heterocycles. The lowest BCUT2D eigenvalue weighted by atomic mass is 10.4. The maximum Gasteiger partial charge on any atom is 0.105 e. The lowest BCUT2D eigenvalue weighted by Crippen LogP contribution is -1.75. The van der Waals surface area contributed by atoms with Gasteiger partial charge < -0.3 is 4.74 Å². The number of ether oxygens (including phenoxy) is 1. The normalized spacial score (nSPS) is 18.3. The Morgan fingerprint density at radius 3 is 3.14 bits per heavy atom. The molecule has 0 saturated heterocycles. The maximum absolute atomic E-state index is 4.93. The summed E-state index contributed by atoms with van der Waals surface area (Å²) in [6, 6.07) is 0. The van der Waals surface area contributed by atoms with Crippen molar-refractivity contribution >= 4 is 0 Å². The molecule has 0 saturated carbocycles. The van der Waals surface area contributed by atoms with Crippen LogP contribution < -0.4 is 0 Å². The Hall–Kier alpha value is -0.720. The Bertz CT molecular complexity index is 80.4. The van der Waals surface area contributed by atoms with Crippen LogP contribution in [0.2, 0.25) is 0 Å². The standard InChI is InChI=1S/C6H8O/c1-2-4-6-7-5-3-1/h1,3-4,6H,2,5H2. The molecule has 0 aromatic carbocycles. The molecule has 0 spiro atoms. The second-order valence-electron chi connectivity index (χ2n) is 1.41. The van der Waals surface area contributed by atoms with E-state index in [0.717, 1.165) is 13.0 Å². The number of hydrogen-bond donors (Lipinski definition) is 0. The van der Waals surface area contributed by atoms with Crippen molar-refractivity contribution in [1.82, 2.24) is 0 Å². The fourth-order valence-electron chi connectivity index (χ4n) is 0.478. The summed E-state index contributed by atoms with van der Waals surface area (Å²) in [6.45, 7) is 0.733. The zero-order valence-electron chi connectivity index (χ0n) is 4.13. The summed E-state index contributed by atoms with van der Waals surface area (Å²) in [7, 11) is 0. The van der Waals surface area contributed by atoms with Gasteiger partial charge in [-0.2, -0.15) is 0 Å². The van der Waals surface area contributed by atoms with Crippen molar-refractivity contribution in [2.45, 2.75) is 6.42 Å². The molecule has 1 aliphatic heterocycles. The molecule has 0 amide bonds. The fraction of sp³-hybridized carbons (Fsp3) is 0.333. The molecule has 1 rings (SSSR count). The van der Waals surface area contributed by atoms with Crippen molar-refractivity contribution in [3.63, 3.8) is 0 Å². The van der Waals surface area contributed by atoms with E-state index in [-0.39, 0.29) is 0 Å². The molecule has 0 unspecified atom stereocenters. The summed E-state index contributed by atoms with van der Waals surface area (Å²) in [6.07, 6.45) is 8.84. The van der Waals surface area contributed by atoms with Gasteiger partial charge in [-0.15, -0.1) is 0 Å². The van der Waals surface area contributed by atoms with Gasteiger partial charge in [-0.1, -0.05) is 12.2 Å². The first-order chi connectivity index (χ1) is 3.50. The summed E-state index contributed by atoms with van der Waals surface area (Å²) in [5, 5.41) is 0. The van der Waals surface area contributed by atoms with Crippen LogP contribution in [0.15, 0.2) is 24.5 Å². The van der Waals surface area contributed by atoms with Gasteiger partial charge in [0.2, 0.25) is 0 Å². The fourth-order valence-corrected chi connectivity index (χ4v) is 0.478. The van der Waals surface area contributed by atoms with Gasteiger partial charge in [0.25, 0.3) is 0 Å². The molecule has 0 N–H and O–H groups in total. The Kier molecular flexibility index (Phi) is 1.56. The monoisotopic (exact) mass is 96.1 g/mol. The predicted molar refractivity (Wildman–Crippen MR) is 28.8 cm³/mol. The van der Waals surface area contributed by atoms with E-state index in [1.54, 1.807) is 6.26 Å². The maximum atomic E-state index is 4.93.